The lowest BCUT2D eigenvalue weighted by Gasteiger charge is -2.10. The quantitative estimate of drug-likeness (QED) is 0.458. The summed E-state index contributed by atoms with van der Waals surface area (Å²) in [6, 6.07) is 14.5. The summed E-state index contributed by atoms with van der Waals surface area (Å²) in [6.07, 6.45) is 3.85. The second kappa shape index (κ2) is 8.46. The average molecular weight is 441 g/mol. The summed E-state index contributed by atoms with van der Waals surface area (Å²) in [5.74, 6) is 0.454. The van der Waals surface area contributed by atoms with Gasteiger partial charge in [-0.15, -0.1) is 0 Å². The van der Waals surface area contributed by atoms with E-state index in [9.17, 15) is 9.59 Å². The van der Waals surface area contributed by atoms with E-state index in [2.05, 4.69) is 15.4 Å². The van der Waals surface area contributed by atoms with E-state index in [0.717, 1.165) is 35.2 Å². The van der Waals surface area contributed by atoms with Gasteiger partial charge in [0.1, 0.15) is 0 Å². The molecule has 1 amide bonds. The number of rotatable bonds is 6. The number of carbonyl (C=O) groups excluding carboxylic acids is 2. The van der Waals surface area contributed by atoms with Crippen LogP contribution in [0.5, 0.6) is 0 Å². The van der Waals surface area contributed by atoms with Gasteiger partial charge in [0.05, 0.1) is 29.3 Å². The predicted octanol–water partition coefficient (Wildman–Crippen LogP) is 3.72. The van der Waals surface area contributed by atoms with E-state index < -0.39 is 5.97 Å². The maximum absolute atomic E-state index is 13.3. The molecule has 1 N–H and O–H groups in total. The number of benzene rings is 1. The summed E-state index contributed by atoms with van der Waals surface area (Å²) < 4.78 is 6.43. The number of nitrogens with one attached hydrogen (secondary N) is 1. The van der Waals surface area contributed by atoms with E-state index in [-0.39, 0.29) is 5.91 Å². The van der Waals surface area contributed by atoms with Crippen LogP contribution < -0.4 is 5.32 Å². The molecule has 33 heavy (non-hydrogen) atoms. The molecule has 1 aliphatic carbocycles. The summed E-state index contributed by atoms with van der Waals surface area (Å²) >= 11 is 0. The van der Waals surface area contributed by atoms with Gasteiger partial charge in [-0.1, -0.05) is 18.2 Å². The molecule has 1 aliphatic rings. The van der Waals surface area contributed by atoms with Crippen LogP contribution in [0.25, 0.3) is 16.9 Å². The van der Waals surface area contributed by atoms with Gasteiger partial charge in [0.15, 0.2) is 11.5 Å². The Balaban J connectivity index is 1.47. The third kappa shape index (κ3) is 4.07. The highest BCUT2D eigenvalue weighted by Crippen LogP contribution is 2.40. The summed E-state index contributed by atoms with van der Waals surface area (Å²) in [6.45, 7) is 2.21. The molecule has 3 aromatic heterocycles. The molecule has 3 heterocycles. The Hall–Kier alpha value is -4.07. The zero-order valence-electron chi connectivity index (χ0n) is 18.4. The Bertz CT molecular complexity index is 1340. The predicted molar refractivity (Wildman–Crippen MR) is 122 cm³/mol. The number of methoxy groups -OCH3 is 1. The molecule has 8 heteroatoms. The van der Waals surface area contributed by atoms with E-state index >= 15 is 0 Å². The van der Waals surface area contributed by atoms with Crippen molar-refractivity contribution in [2.24, 2.45) is 0 Å². The number of hydrogen-bond donors (Lipinski definition) is 1. The van der Waals surface area contributed by atoms with E-state index in [0.29, 0.717) is 35.1 Å². The van der Waals surface area contributed by atoms with Gasteiger partial charge in [-0.3, -0.25) is 4.79 Å². The van der Waals surface area contributed by atoms with Crippen molar-refractivity contribution < 1.29 is 14.3 Å². The fourth-order valence-electron chi connectivity index (χ4n) is 3.87. The first-order valence-corrected chi connectivity index (χ1v) is 10.8. The van der Waals surface area contributed by atoms with E-state index in [1.54, 1.807) is 35.1 Å². The van der Waals surface area contributed by atoms with Crippen molar-refractivity contribution in [2.75, 3.05) is 7.11 Å². The van der Waals surface area contributed by atoms with Crippen LogP contribution in [0.3, 0.4) is 0 Å². The number of aryl methyl sites for hydroxylation is 1. The van der Waals surface area contributed by atoms with Crippen molar-refractivity contribution in [3.63, 3.8) is 0 Å². The molecule has 0 atom stereocenters. The zero-order chi connectivity index (χ0) is 22.9. The largest absolute Gasteiger partial charge is 0.465 e. The van der Waals surface area contributed by atoms with Gasteiger partial charge in [0, 0.05) is 24.4 Å². The Morgan fingerprint density at radius 2 is 1.94 bits per heavy atom. The van der Waals surface area contributed by atoms with Crippen molar-refractivity contribution in [2.45, 2.75) is 32.2 Å². The molecule has 0 aliphatic heterocycles. The Kier molecular flexibility index (Phi) is 5.34. The van der Waals surface area contributed by atoms with Crippen molar-refractivity contribution in [3.8, 4) is 5.82 Å². The van der Waals surface area contributed by atoms with Crippen molar-refractivity contribution in [1.82, 2.24) is 25.1 Å². The molecule has 0 unspecified atom stereocenters. The normalized spacial score (nSPS) is 13.2. The van der Waals surface area contributed by atoms with Gasteiger partial charge in [-0.05, 0) is 55.7 Å². The SMILES string of the molecule is COC(=O)c1ccc(CNC(=O)c2cc(C3CC3)nc3c2c(C)nn3-c2ccccn2)cc1. The van der Waals surface area contributed by atoms with Crippen LogP contribution in [0, 0.1) is 6.92 Å². The number of aromatic nitrogens is 4. The number of hydrogen-bond acceptors (Lipinski definition) is 6. The van der Waals surface area contributed by atoms with Crippen LogP contribution in [0.15, 0.2) is 54.7 Å². The van der Waals surface area contributed by atoms with Crippen molar-refractivity contribution in [1.29, 1.82) is 0 Å². The minimum Gasteiger partial charge on any atom is -0.465 e. The second-order valence-electron chi connectivity index (χ2n) is 8.12. The topological polar surface area (TPSA) is 99.0 Å². The number of nitrogens with zero attached hydrogens (tertiary/aromatic N) is 4. The fourth-order valence-corrected chi connectivity index (χ4v) is 3.87. The monoisotopic (exact) mass is 441 g/mol. The van der Waals surface area contributed by atoms with E-state index in [1.165, 1.54) is 7.11 Å². The first-order chi connectivity index (χ1) is 16.0. The molecule has 166 valence electrons. The maximum Gasteiger partial charge on any atom is 0.337 e. The number of fused-ring (bicyclic) bond motifs is 1. The Labute approximate surface area is 190 Å². The highest BCUT2D eigenvalue weighted by Gasteiger charge is 2.29. The molecule has 5 rings (SSSR count). The highest BCUT2D eigenvalue weighted by molar-refractivity contribution is 6.06. The molecule has 1 aromatic carbocycles. The van der Waals surface area contributed by atoms with Gasteiger partial charge in [0.2, 0.25) is 0 Å². The molecular weight excluding hydrogens is 418 g/mol. The van der Waals surface area contributed by atoms with Crippen molar-refractivity contribution >= 4 is 22.9 Å². The first-order valence-electron chi connectivity index (χ1n) is 10.8. The highest BCUT2D eigenvalue weighted by atomic mass is 16.5. The third-order valence-electron chi connectivity index (χ3n) is 5.77. The van der Waals surface area contributed by atoms with Gasteiger partial charge in [0.25, 0.3) is 5.91 Å². The van der Waals surface area contributed by atoms with Crippen LogP contribution in [-0.2, 0) is 11.3 Å². The zero-order valence-corrected chi connectivity index (χ0v) is 18.4. The Morgan fingerprint density at radius 3 is 2.61 bits per heavy atom. The summed E-state index contributed by atoms with van der Waals surface area (Å²) in [5.41, 5.74) is 4.18. The van der Waals surface area contributed by atoms with E-state index in [4.69, 9.17) is 9.72 Å². The van der Waals surface area contributed by atoms with Gasteiger partial charge >= 0.3 is 5.97 Å². The number of amides is 1. The van der Waals surface area contributed by atoms with Crippen molar-refractivity contribution in [3.05, 3.63) is 82.8 Å². The fraction of sp³-hybridized carbons (Fsp3) is 0.240. The molecule has 0 radical (unpaired) electrons. The molecule has 8 nitrogen and oxygen atoms in total. The minimum atomic E-state index is -0.391. The lowest BCUT2D eigenvalue weighted by molar-refractivity contribution is 0.0600. The molecule has 0 saturated heterocycles. The molecule has 1 fully saturated rings. The molecule has 1 saturated carbocycles. The lowest BCUT2D eigenvalue weighted by atomic mass is 10.1. The average Bonchev–Trinajstić information content (AvgIpc) is 3.66. The van der Waals surface area contributed by atoms with Gasteiger partial charge in [-0.25, -0.2) is 14.8 Å². The van der Waals surface area contributed by atoms with Gasteiger partial charge in [-0.2, -0.15) is 9.78 Å². The molecule has 0 spiro atoms. The maximum atomic E-state index is 13.3. The third-order valence-corrected chi connectivity index (χ3v) is 5.77. The second-order valence-corrected chi connectivity index (χ2v) is 8.12. The summed E-state index contributed by atoms with van der Waals surface area (Å²) in [7, 11) is 1.35. The number of carbonyl (C=O) groups is 2. The molecule has 4 aromatic rings. The van der Waals surface area contributed by atoms with Crippen LogP contribution in [0.2, 0.25) is 0 Å². The molecular formula is C25H23N5O3. The molecule has 0 bridgehead atoms. The Morgan fingerprint density at radius 1 is 1.15 bits per heavy atom. The summed E-state index contributed by atoms with van der Waals surface area (Å²) in [4.78, 5) is 34.2. The van der Waals surface area contributed by atoms with Crippen LogP contribution in [-0.4, -0.2) is 38.7 Å². The minimum absolute atomic E-state index is 0.190. The van der Waals surface area contributed by atoms with Crippen LogP contribution in [0.4, 0.5) is 0 Å². The smallest absolute Gasteiger partial charge is 0.337 e. The number of esters is 1. The summed E-state index contributed by atoms with van der Waals surface area (Å²) in [5, 5.41) is 8.37. The van der Waals surface area contributed by atoms with Crippen LogP contribution in [0.1, 0.15) is 56.4 Å². The number of pyridine rings is 2. The standard InChI is InChI=1S/C25H23N5O3/c1-15-22-19(24(31)27-14-16-6-8-18(9-7-16)25(32)33-2)13-20(17-10-11-17)28-23(22)30(29-15)21-5-3-4-12-26-21/h3-9,12-13,17H,10-11,14H2,1-2H3,(H,27,31). The van der Waals surface area contributed by atoms with E-state index in [1.807, 2.05) is 31.2 Å². The first kappa shape index (κ1) is 20.8. The number of ether oxygens (including phenoxy) is 1. The lowest BCUT2D eigenvalue weighted by Crippen LogP contribution is -2.23. The van der Waals surface area contributed by atoms with Crippen LogP contribution >= 0.6 is 0 Å². The van der Waals surface area contributed by atoms with Gasteiger partial charge < -0.3 is 10.1 Å².